The van der Waals surface area contributed by atoms with E-state index in [9.17, 15) is 9.59 Å². The van der Waals surface area contributed by atoms with Gasteiger partial charge in [-0.25, -0.2) is 0 Å². The predicted octanol–water partition coefficient (Wildman–Crippen LogP) is 2.28. The van der Waals surface area contributed by atoms with Crippen molar-refractivity contribution in [3.05, 3.63) is 30.1 Å². The molecule has 0 unspecified atom stereocenters. The third-order valence-electron chi connectivity index (χ3n) is 2.87. The number of carbonyl (C=O) groups excluding carboxylic acids is 2. The molecule has 0 saturated carbocycles. The second kappa shape index (κ2) is 9.07. The Balaban J connectivity index is 2.63. The third-order valence-corrected chi connectivity index (χ3v) is 2.87. The summed E-state index contributed by atoms with van der Waals surface area (Å²) in [7, 11) is 0. The summed E-state index contributed by atoms with van der Waals surface area (Å²) in [4.78, 5) is 29.4. The molecule has 0 atom stereocenters. The number of hydrogen-bond acceptors (Lipinski definition) is 4. The summed E-state index contributed by atoms with van der Waals surface area (Å²) in [6, 6.07) is 3.47. The van der Waals surface area contributed by atoms with Gasteiger partial charge in [0.1, 0.15) is 0 Å². The van der Waals surface area contributed by atoms with Gasteiger partial charge in [0.05, 0.1) is 18.6 Å². The molecule has 0 saturated heterocycles. The van der Waals surface area contributed by atoms with Crippen LogP contribution in [-0.2, 0) is 9.53 Å². The number of ether oxygens (including phenoxy) is 1. The van der Waals surface area contributed by atoms with Gasteiger partial charge >= 0.3 is 5.97 Å². The van der Waals surface area contributed by atoms with Crippen molar-refractivity contribution in [1.29, 1.82) is 0 Å². The number of amides is 1. The van der Waals surface area contributed by atoms with Gasteiger partial charge in [-0.2, -0.15) is 0 Å². The van der Waals surface area contributed by atoms with E-state index in [0.29, 0.717) is 25.3 Å². The fourth-order valence-corrected chi connectivity index (χ4v) is 1.80. The number of esters is 1. The first-order valence-electron chi connectivity index (χ1n) is 7.04. The lowest BCUT2D eigenvalue weighted by atomic mass is 10.2. The third kappa shape index (κ3) is 5.38. The molecule has 0 bridgehead atoms. The van der Waals surface area contributed by atoms with Crippen LogP contribution in [0.5, 0.6) is 0 Å². The number of rotatable bonds is 8. The van der Waals surface area contributed by atoms with Gasteiger partial charge in [0.15, 0.2) is 0 Å². The Morgan fingerprint density at radius 2 is 2.10 bits per heavy atom. The largest absolute Gasteiger partial charge is 0.466 e. The van der Waals surface area contributed by atoms with E-state index in [-0.39, 0.29) is 18.3 Å². The van der Waals surface area contributed by atoms with Crippen LogP contribution in [0.25, 0.3) is 0 Å². The highest BCUT2D eigenvalue weighted by Crippen LogP contribution is 2.06. The van der Waals surface area contributed by atoms with Crippen molar-refractivity contribution in [2.45, 2.75) is 33.1 Å². The first kappa shape index (κ1) is 16.1. The molecule has 0 fully saturated rings. The van der Waals surface area contributed by atoms with Crippen LogP contribution < -0.4 is 0 Å². The van der Waals surface area contributed by atoms with Gasteiger partial charge < -0.3 is 9.64 Å². The first-order valence-corrected chi connectivity index (χ1v) is 7.04. The molecule has 0 radical (unpaired) electrons. The summed E-state index contributed by atoms with van der Waals surface area (Å²) in [5.41, 5.74) is 0.549. The van der Waals surface area contributed by atoms with E-state index in [1.807, 2.05) is 0 Å². The van der Waals surface area contributed by atoms with E-state index in [2.05, 4.69) is 11.9 Å². The zero-order valence-corrected chi connectivity index (χ0v) is 12.2. The van der Waals surface area contributed by atoms with Crippen LogP contribution in [-0.4, -0.2) is 41.5 Å². The molecule has 1 rings (SSSR count). The lowest BCUT2D eigenvalue weighted by Crippen LogP contribution is -2.34. The van der Waals surface area contributed by atoms with Crippen LogP contribution in [0.2, 0.25) is 0 Å². The van der Waals surface area contributed by atoms with Crippen LogP contribution in [0.1, 0.15) is 43.5 Å². The second-order valence-electron chi connectivity index (χ2n) is 4.44. The maximum Gasteiger partial charge on any atom is 0.307 e. The lowest BCUT2D eigenvalue weighted by Gasteiger charge is -2.22. The molecule has 0 aliphatic carbocycles. The normalized spacial score (nSPS) is 10.1. The van der Waals surface area contributed by atoms with Gasteiger partial charge in [0.25, 0.3) is 5.91 Å². The summed E-state index contributed by atoms with van der Waals surface area (Å²) in [5, 5.41) is 0. The number of nitrogens with zero attached hydrogens (tertiary/aromatic N) is 2. The monoisotopic (exact) mass is 278 g/mol. The maximum absolute atomic E-state index is 12.4. The molecular formula is C15H22N2O3. The van der Waals surface area contributed by atoms with Crippen molar-refractivity contribution < 1.29 is 14.3 Å². The standard InChI is InChI=1S/C15H22N2O3/c1-3-5-10-17(11-8-14(18)20-4-2)15(19)13-7-6-9-16-12-13/h6-7,9,12H,3-5,8,10-11H2,1-2H3. The summed E-state index contributed by atoms with van der Waals surface area (Å²) in [5.74, 6) is -0.358. The molecule has 20 heavy (non-hydrogen) atoms. The van der Waals surface area contributed by atoms with Crippen LogP contribution in [0.3, 0.4) is 0 Å². The minimum Gasteiger partial charge on any atom is -0.466 e. The van der Waals surface area contributed by atoms with Gasteiger partial charge in [-0.15, -0.1) is 0 Å². The Bertz CT molecular complexity index is 420. The highest BCUT2D eigenvalue weighted by Gasteiger charge is 2.16. The van der Waals surface area contributed by atoms with Gasteiger partial charge in [-0.1, -0.05) is 13.3 Å². The van der Waals surface area contributed by atoms with E-state index in [1.165, 1.54) is 0 Å². The molecule has 5 nitrogen and oxygen atoms in total. The Morgan fingerprint density at radius 3 is 2.70 bits per heavy atom. The summed E-state index contributed by atoms with van der Waals surface area (Å²) < 4.78 is 4.89. The van der Waals surface area contributed by atoms with Gasteiger partial charge in [0.2, 0.25) is 0 Å². The zero-order chi connectivity index (χ0) is 14.8. The van der Waals surface area contributed by atoms with E-state index >= 15 is 0 Å². The van der Waals surface area contributed by atoms with Crippen molar-refractivity contribution in [2.75, 3.05) is 19.7 Å². The van der Waals surface area contributed by atoms with Crippen molar-refractivity contribution in [3.63, 3.8) is 0 Å². The number of hydrogen-bond donors (Lipinski definition) is 0. The predicted molar refractivity (Wildman–Crippen MR) is 76.3 cm³/mol. The second-order valence-corrected chi connectivity index (χ2v) is 4.44. The molecule has 0 aromatic carbocycles. The topological polar surface area (TPSA) is 59.5 Å². The molecular weight excluding hydrogens is 256 g/mol. The lowest BCUT2D eigenvalue weighted by molar-refractivity contribution is -0.143. The molecule has 1 heterocycles. The minimum absolute atomic E-state index is 0.0872. The van der Waals surface area contributed by atoms with Gasteiger partial charge in [-0.05, 0) is 25.5 Å². The Kier molecular flexibility index (Phi) is 7.32. The van der Waals surface area contributed by atoms with Crippen molar-refractivity contribution >= 4 is 11.9 Å². The molecule has 1 aromatic heterocycles. The fraction of sp³-hybridized carbons (Fsp3) is 0.533. The molecule has 110 valence electrons. The maximum atomic E-state index is 12.4. The van der Waals surface area contributed by atoms with E-state index in [1.54, 1.807) is 36.4 Å². The van der Waals surface area contributed by atoms with Crippen molar-refractivity contribution in [1.82, 2.24) is 9.88 Å². The first-order chi connectivity index (χ1) is 9.69. The van der Waals surface area contributed by atoms with Crippen molar-refractivity contribution in [2.24, 2.45) is 0 Å². The Labute approximate surface area is 119 Å². The molecule has 0 aliphatic heterocycles. The molecule has 0 N–H and O–H groups in total. The van der Waals surface area contributed by atoms with Crippen LogP contribution >= 0.6 is 0 Å². The van der Waals surface area contributed by atoms with Crippen molar-refractivity contribution in [3.8, 4) is 0 Å². The van der Waals surface area contributed by atoms with Crippen LogP contribution in [0.4, 0.5) is 0 Å². The molecule has 1 amide bonds. The zero-order valence-electron chi connectivity index (χ0n) is 12.2. The number of unbranched alkanes of at least 4 members (excludes halogenated alkanes) is 1. The van der Waals surface area contributed by atoms with Gasteiger partial charge in [-0.3, -0.25) is 14.6 Å². The number of carbonyl (C=O) groups is 2. The minimum atomic E-state index is -0.270. The summed E-state index contributed by atoms with van der Waals surface area (Å²) in [6.45, 7) is 5.23. The van der Waals surface area contributed by atoms with Gasteiger partial charge in [0, 0.05) is 25.5 Å². The van der Waals surface area contributed by atoms with E-state index < -0.39 is 0 Å². The van der Waals surface area contributed by atoms with Crippen LogP contribution in [0, 0.1) is 0 Å². The smallest absolute Gasteiger partial charge is 0.307 e. The molecule has 1 aromatic rings. The Hall–Kier alpha value is -1.91. The average Bonchev–Trinajstić information content (AvgIpc) is 2.48. The molecule has 5 heteroatoms. The Morgan fingerprint density at radius 1 is 1.30 bits per heavy atom. The van der Waals surface area contributed by atoms with E-state index in [0.717, 1.165) is 12.8 Å². The highest BCUT2D eigenvalue weighted by molar-refractivity contribution is 5.94. The summed E-state index contributed by atoms with van der Waals surface area (Å²) in [6.07, 6.45) is 5.31. The highest BCUT2D eigenvalue weighted by atomic mass is 16.5. The van der Waals surface area contributed by atoms with E-state index in [4.69, 9.17) is 4.74 Å². The SMILES string of the molecule is CCCCN(CCC(=O)OCC)C(=O)c1cccnc1. The quantitative estimate of drug-likeness (QED) is 0.684. The fourth-order valence-electron chi connectivity index (χ4n) is 1.80. The number of pyridine rings is 1. The molecule has 0 spiro atoms. The average molecular weight is 278 g/mol. The van der Waals surface area contributed by atoms with Crippen LogP contribution in [0.15, 0.2) is 24.5 Å². The summed E-state index contributed by atoms with van der Waals surface area (Å²) >= 11 is 0. The molecule has 0 aliphatic rings. The number of aromatic nitrogens is 1.